The van der Waals surface area contributed by atoms with Crippen LogP contribution in [0.4, 0.5) is 0 Å². The second kappa shape index (κ2) is 4.11. The molecule has 94 valence electrons. The third-order valence-corrected chi connectivity index (χ3v) is 4.26. The van der Waals surface area contributed by atoms with E-state index in [9.17, 15) is 21.6 Å². The molecule has 0 saturated carbocycles. The molecular weight excluding hydrogens is 268 g/mol. The lowest BCUT2D eigenvalue weighted by Gasteiger charge is -2.06. The van der Waals surface area contributed by atoms with Gasteiger partial charge in [0, 0.05) is 12.5 Å². The SMILES string of the molecule is CS(=O)(=O)c1ccc(C(=O)O)c(S(C)(=O)=O)c1. The van der Waals surface area contributed by atoms with Gasteiger partial charge in [-0.2, -0.15) is 0 Å². The van der Waals surface area contributed by atoms with E-state index in [4.69, 9.17) is 5.11 Å². The van der Waals surface area contributed by atoms with Gasteiger partial charge in [0.2, 0.25) is 0 Å². The second-order valence-corrected chi connectivity index (χ2v) is 7.51. The Morgan fingerprint density at radius 2 is 1.59 bits per heavy atom. The predicted molar refractivity (Wildman–Crippen MR) is 59.6 cm³/mol. The summed E-state index contributed by atoms with van der Waals surface area (Å²) in [5.74, 6) is -1.43. The van der Waals surface area contributed by atoms with Gasteiger partial charge in [-0.1, -0.05) is 0 Å². The van der Waals surface area contributed by atoms with Crippen LogP contribution in [0.2, 0.25) is 0 Å². The average molecular weight is 278 g/mol. The fourth-order valence-corrected chi connectivity index (χ4v) is 2.83. The van der Waals surface area contributed by atoms with Crippen molar-refractivity contribution < 1.29 is 26.7 Å². The van der Waals surface area contributed by atoms with E-state index >= 15 is 0 Å². The minimum absolute atomic E-state index is 0.233. The second-order valence-electron chi connectivity index (χ2n) is 3.51. The third kappa shape index (κ3) is 3.04. The summed E-state index contributed by atoms with van der Waals surface area (Å²) < 4.78 is 45.3. The van der Waals surface area contributed by atoms with Crippen LogP contribution in [0.5, 0.6) is 0 Å². The molecule has 1 N–H and O–H groups in total. The molecule has 0 atom stereocenters. The molecule has 0 amide bonds. The van der Waals surface area contributed by atoms with Gasteiger partial charge in [0.25, 0.3) is 0 Å². The molecule has 1 aromatic rings. The van der Waals surface area contributed by atoms with Crippen LogP contribution < -0.4 is 0 Å². The van der Waals surface area contributed by atoms with E-state index in [0.717, 1.165) is 30.7 Å². The van der Waals surface area contributed by atoms with Crippen LogP contribution in [0, 0.1) is 0 Å². The highest BCUT2D eigenvalue weighted by Crippen LogP contribution is 2.20. The Morgan fingerprint density at radius 1 is 1.06 bits per heavy atom. The highest BCUT2D eigenvalue weighted by Gasteiger charge is 2.21. The summed E-state index contributed by atoms with van der Waals surface area (Å²) in [6, 6.07) is 2.89. The van der Waals surface area contributed by atoms with E-state index < -0.39 is 36.1 Å². The maximum Gasteiger partial charge on any atom is 0.337 e. The van der Waals surface area contributed by atoms with Gasteiger partial charge in [0.15, 0.2) is 19.7 Å². The van der Waals surface area contributed by atoms with E-state index in [-0.39, 0.29) is 4.90 Å². The van der Waals surface area contributed by atoms with Crippen molar-refractivity contribution in [1.29, 1.82) is 0 Å². The Labute approximate surface area is 98.7 Å². The first-order valence-corrected chi connectivity index (χ1v) is 8.09. The first-order chi connectivity index (χ1) is 7.53. The zero-order valence-corrected chi connectivity index (χ0v) is 10.7. The summed E-state index contributed by atoms with van der Waals surface area (Å²) in [5, 5.41) is 8.81. The summed E-state index contributed by atoms with van der Waals surface area (Å²) >= 11 is 0. The van der Waals surface area contributed by atoms with Gasteiger partial charge in [0.05, 0.1) is 15.4 Å². The normalized spacial score (nSPS) is 12.4. The van der Waals surface area contributed by atoms with Crippen molar-refractivity contribution in [2.75, 3.05) is 12.5 Å². The Morgan fingerprint density at radius 3 is 1.94 bits per heavy atom. The Bertz CT molecular complexity index is 669. The molecule has 0 heterocycles. The van der Waals surface area contributed by atoms with Crippen molar-refractivity contribution >= 4 is 25.6 Å². The number of rotatable bonds is 3. The van der Waals surface area contributed by atoms with Crippen molar-refractivity contribution in [2.45, 2.75) is 9.79 Å². The molecule has 8 heteroatoms. The van der Waals surface area contributed by atoms with E-state index in [1.54, 1.807) is 0 Å². The van der Waals surface area contributed by atoms with Crippen LogP contribution in [0.1, 0.15) is 10.4 Å². The molecule has 0 spiro atoms. The quantitative estimate of drug-likeness (QED) is 0.846. The van der Waals surface area contributed by atoms with E-state index in [1.807, 2.05) is 0 Å². The summed E-state index contributed by atoms with van der Waals surface area (Å²) in [5.41, 5.74) is -0.445. The molecule has 0 unspecified atom stereocenters. The van der Waals surface area contributed by atoms with Crippen LogP contribution in [0.25, 0.3) is 0 Å². The highest BCUT2D eigenvalue weighted by molar-refractivity contribution is 7.91. The Balaban J connectivity index is 3.69. The van der Waals surface area contributed by atoms with Gasteiger partial charge in [-0.15, -0.1) is 0 Å². The van der Waals surface area contributed by atoms with Gasteiger partial charge in [-0.25, -0.2) is 21.6 Å². The van der Waals surface area contributed by atoms with Crippen LogP contribution in [0.15, 0.2) is 28.0 Å². The zero-order valence-electron chi connectivity index (χ0n) is 9.04. The molecule has 0 aliphatic heterocycles. The lowest BCUT2D eigenvalue weighted by Crippen LogP contribution is -2.09. The molecule has 0 aliphatic carbocycles. The molecule has 1 aromatic carbocycles. The molecule has 0 fully saturated rings. The molecule has 0 radical (unpaired) electrons. The monoisotopic (exact) mass is 278 g/mol. The smallest absolute Gasteiger partial charge is 0.337 e. The molecular formula is C9H10O6S2. The van der Waals surface area contributed by atoms with Gasteiger partial charge in [0.1, 0.15) is 0 Å². The van der Waals surface area contributed by atoms with Crippen molar-refractivity contribution in [3.63, 3.8) is 0 Å². The number of hydrogen-bond donors (Lipinski definition) is 1. The maximum absolute atomic E-state index is 11.4. The lowest BCUT2D eigenvalue weighted by molar-refractivity contribution is 0.0692. The maximum atomic E-state index is 11.4. The fourth-order valence-electron chi connectivity index (χ4n) is 1.22. The van der Waals surface area contributed by atoms with Crippen LogP contribution in [-0.4, -0.2) is 40.4 Å². The first kappa shape index (κ1) is 13.7. The van der Waals surface area contributed by atoms with Gasteiger partial charge in [-0.05, 0) is 18.2 Å². The summed E-state index contributed by atoms with van der Waals surface area (Å²) in [6.07, 6.45) is 1.73. The molecule has 1 rings (SSSR count). The average Bonchev–Trinajstić information content (AvgIpc) is 2.14. The Hall–Kier alpha value is -1.41. The molecule has 0 saturated heterocycles. The lowest BCUT2D eigenvalue weighted by atomic mass is 10.2. The summed E-state index contributed by atoms with van der Waals surface area (Å²) in [6.45, 7) is 0. The number of carboxylic acid groups (broad SMARTS) is 1. The first-order valence-electron chi connectivity index (χ1n) is 4.31. The van der Waals surface area contributed by atoms with E-state index in [2.05, 4.69) is 0 Å². The van der Waals surface area contributed by atoms with Crippen LogP contribution in [-0.2, 0) is 19.7 Å². The predicted octanol–water partition coefficient (Wildman–Crippen LogP) is 0.192. The number of carboxylic acids is 1. The van der Waals surface area contributed by atoms with Crippen LogP contribution in [0.3, 0.4) is 0 Å². The van der Waals surface area contributed by atoms with Crippen molar-refractivity contribution in [3.8, 4) is 0 Å². The van der Waals surface area contributed by atoms with E-state index in [0.29, 0.717) is 0 Å². The molecule has 0 aromatic heterocycles. The molecule has 17 heavy (non-hydrogen) atoms. The number of aromatic carboxylic acids is 1. The van der Waals surface area contributed by atoms with E-state index in [1.165, 1.54) is 0 Å². The van der Waals surface area contributed by atoms with Crippen molar-refractivity contribution in [2.24, 2.45) is 0 Å². The van der Waals surface area contributed by atoms with Crippen molar-refractivity contribution in [3.05, 3.63) is 23.8 Å². The Kier molecular flexibility index (Phi) is 3.30. The summed E-state index contributed by atoms with van der Waals surface area (Å²) in [7, 11) is -7.39. The minimum atomic E-state index is -3.81. The number of hydrogen-bond acceptors (Lipinski definition) is 5. The topological polar surface area (TPSA) is 106 Å². The number of sulfone groups is 2. The standard InChI is InChI=1S/C9H10O6S2/c1-16(12,13)6-3-4-7(9(10)11)8(5-6)17(2,14)15/h3-5H,1-2H3,(H,10,11). The van der Waals surface area contributed by atoms with Crippen LogP contribution >= 0.6 is 0 Å². The van der Waals surface area contributed by atoms with Gasteiger partial charge >= 0.3 is 5.97 Å². The fraction of sp³-hybridized carbons (Fsp3) is 0.222. The largest absolute Gasteiger partial charge is 0.478 e. The van der Waals surface area contributed by atoms with Crippen molar-refractivity contribution in [1.82, 2.24) is 0 Å². The number of carbonyl (C=O) groups is 1. The number of benzene rings is 1. The summed E-state index contributed by atoms with van der Waals surface area (Å²) in [4.78, 5) is 10.1. The molecule has 6 nitrogen and oxygen atoms in total. The minimum Gasteiger partial charge on any atom is -0.478 e. The zero-order chi connectivity index (χ0) is 13.4. The van der Waals surface area contributed by atoms with Gasteiger partial charge < -0.3 is 5.11 Å². The molecule has 0 aliphatic rings. The molecule has 0 bridgehead atoms. The highest BCUT2D eigenvalue weighted by atomic mass is 32.2. The van der Waals surface area contributed by atoms with Gasteiger partial charge in [-0.3, -0.25) is 0 Å². The third-order valence-electron chi connectivity index (χ3n) is 2.01.